The number of hydrogen-bond donors (Lipinski definition) is 1. The molecule has 0 aliphatic carbocycles. The van der Waals surface area contributed by atoms with Crippen molar-refractivity contribution in [2.45, 2.75) is 6.10 Å². The molecule has 0 saturated carbocycles. The smallest absolute Gasteiger partial charge is 0.162 e. The van der Waals surface area contributed by atoms with Gasteiger partial charge in [-0.25, -0.2) is 0 Å². The van der Waals surface area contributed by atoms with Gasteiger partial charge in [-0.1, -0.05) is 23.2 Å². The average molecular weight is 437 g/mol. The molecule has 1 unspecified atom stereocenters. The van der Waals surface area contributed by atoms with Crippen LogP contribution in [0.5, 0.6) is 11.5 Å². The molecule has 110 valence electrons. The van der Waals surface area contributed by atoms with Crippen molar-refractivity contribution in [2.24, 2.45) is 0 Å². The molecule has 0 aromatic heterocycles. The van der Waals surface area contributed by atoms with Crippen LogP contribution >= 0.6 is 45.8 Å². The molecule has 21 heavy (non-hydrogen) atoms. The summed E-state index contributed by atoms with van der Waals surface area (Å²) in [5.41, 5.74) is 1.28. The van der Waals surface area contributed by atoms with Crippen LogP contribution in [-0.4, -0.2) is 18.3 Å². The Labute approximate surface area is 145 Å². The molecular formula is C15H11Cl2IO3. The van der Waals surface area contributed by atoms with Crippen molar-refractivity contribution in [1.82, 2.24) is 0 Å². The Kier molecular flexibility index (Phi) is 4.49. The molecule has 1 atom stereocenters. The van der Waals surface area contributed by atoms with Gasteiger partial charge in [-0.3, -0.25) is 0 Å². The van der Waals surface area contributed by atoms with E-state index in [1.54, 1.807) is 24.3 Å². The molecule has 6 heteroatoms. The minimum Gasteiger partial charge on any atom is -0.486 e. The van der Waals surface area contributed by atoms with E-state index in [1.165, 1.54) is 0 Å². The molecule has 1 aliphatic rings. The van der Waals surface area contributed by atoms with Crippen LogP contribution in [0.2, 0.25) is 10.0 Å². The van der Waals surface area contributed by atoms with Crippen molar-refractivity contribution in [3.8, 4) is 11.5 Å². The van der Waals surface area contributed by atoms with Crippen LogP contribution in [0.3, 0.4) is 0 Å². The largest absolute Gasteiger partial charge is 0.486 e. The summed E-state index contributed by atoms with van der Waals surface area (Å²) in [6.07, 6.45) is -0.876. The average Bonchev–Trinajstić information content (AvgIpc) is 2.48. The fraction of sp³-hybridized carbons (Fsp3) is 0.200. The highest BCUT2D eigenvalue weighted by Gasteiger charge is 2.22. The molecule has 3 rings (SSSR count). The molecule has 1 aliphatic heterocycles. The molecule has 2 aromatic carbocycles. The van der Waals surface area contributed by atoms with E-state index >= 15 is 0 Å². The van der Waals surface area contributed by atoms with E-state index < -0.39 is 6.10 Å². The molecule has 1 heterocycles. The second-order valence-corrected chi connectivity index (χ2v) is 6.59. The third-order valence-corrected chi connectivity index (χ3v) is 4.75. The molecule has 1 N–H and O–H groups in total. The Morgan fingerprint density at radius 1 is 1.00 bits per heavy atom. The second kappa shape index (κ2) is 6.20. The minimum absolute atomic E-state index is 0.433. The van der Waals surface area contributed by atoms with Gasteiger partial charge in [-0.05, 0) is 52.4 Å². The number of aliphatic hydroxyl groups is 1. The van der Waals surface area contributed by atoms with Gasteiger partial charge >= 0.3 is 0 Å². The zero-order chi connectivity index (χ0) is 15.0. The number of hydrogen-bond acceptors (Lipinski definition) is 3. The number of benzene rings is 2. The van der Waals surface area contributed by atoms with Crippen molar-refractivity contribution < 1.29 is 14.6 Å². The van der Waals surface area contributed by atoms with Gasteiger partial charge in [0, 0.05) is 20.2 Å². The Bertz CT molecular complexity index is 691. The SMILES string of the molecule is OC(c1cc2c(cc1Cl)OCCO2)c1cc(Cl)ccc1I. The number of halogens is 3. The Hall–Kier alpha value is -0.690. The molecule has 0 spiro atoms. The van der Waals surface area contributed by atoms with Gasteiger partial charge in [0.2, 0.25) is 0 Å². The monoisotopic (exact) mass is 436 g/mol. The van der Waals surface area contributed by atoms with Crippen LogP contribution in [0.4, 0.5) is 0 Å². The third-order valence-electron chi connectivity index (χ3n) is 3.21. The van der Waals surface area contributed by atoms with Gasteiger partial charge in [0.25, 0.3) is 0 Å². The Morgan fingerprint density at radius 2 is 1.67 bits per heavy atom. The maximum absolute atomic E-state index is 10.6. The summed E-state index contributed by atoms with van der Waals surface area (Å²) in [4.78, 5) is 0. The lowest BCUT2D eigenvalue weighted by molar-refractivity contribution is 0.169. The van der Waals surface area contributed by atoms with Gasteiger partial charge in [-0.2, -0.15) is 0 Å². The van der Waals surface area contributed by atoms with E-state index in [0.717, 1.165) is 3.57 Å². The highest BCUT2D eigenvalue weighted by atomic mass is 127. The van der Waals surface area contributed by atoms with Crippen molar-refractivity contribution >= 4 is 45.8 Å². The van der Waals surface area contributed by atoms with E-state index in [2.05, 4.69) is 22.6 Å². The fourth-order valence-electron chi connectivity index (χ4n) is 2.18. The molecule has 3 nitrogen and oxygen atoms in total. The predicted octanol–water partition coefficient (Wildman–Crippen LogP) is 4.45. The van der Waals surface area contributed by atoms with Crippen LogP contribution in [-0.2, 0) is 0 Å². The molecule has 2 aromatic rings. The highest BCUT2D eigenvalue weighted by Crippen LogP contribution is 2.40. The first-order chi connectivity index (χ1) is 10.1. The number of rotatable bonds is 2. The van der Waals surface area contributed by atoms with Crippen LogP contribution < -0.4 is 9.47 Å². The summed E-state index contributed by atoms with van der Waals surface area (Å²) in [5, 5.41) is 11.6. The summed E-state index contributed by atoms with van der Waals surface area (Å²) in [5.74, 6) is 1.19. The molecule has 0 amide bonds. The second-order valence-electron chi connectivity index (χ2n) is 4.59. The topological polar surface area (TPSA) is 38.7 Å². The van der Waals surface area contributed by atoms with Crippen molar-refractivity contribution in [3.63, 3.8) is 0 Å². The van der Waals surface area contributed by atoms with Gasteiger partial charge < -0.3 is 14.6 Å². The van der Waals surface area contributed by atoms with Crippen LogP contribution in [0, 0.1) is 3.57 Å². The first-order valence-electron chi connectivity index (χ1n) is 6.28. The summed E-state index contributed by atoms with van der Waals surface area (Å²) in [7, 11) is 0. The van der Waals surface area contributed by atoms with E-state index in [0.29, 0.717) is 45.9 Å². The van der Waals surface area contributed by atoms with Gasteiger partial charge in [0.1, 0.15) is 19.3 Å². The Morgan fingerprint density at radius 3 is 2.38 bits per heavy atom. The lowest BCUT2D eigenvalue weighted by Crippen LogP contribution is -2.16. The number of fused-ring (bicyclic) bond motifs is 1. The van der Waals surface area contributed by atoms with E-state index in [9.17, 15) is 5.11 Å². The summed E-state index contributed by atoms with van der Waals surface area (Å²) in [6.45, 7) is 0.982. The lowest BCUT2D eigenvalue weighted by Gasteiger charge is -2.22. The van der Waals surface area contributed by atoms with Crippen LogP contribution in [0.1, 0.15) is 17.2 Å². The molecule has 0 radical (unpaired) electrons. The quantitative estimate of drug-likeness (QED) is 0.707. The predicted molar refractivity (Wildman–Crippen MR) is 90.7 cm³/mol. The van der Waals surface area contributed by atoms with Crippen LogP contribution in [0.15, 0.2) is 30.3 Å². The van der Waals surface area contributed by atoms with Gasteiger partial charge in [0.15, 0.2) is 11.5 Å². The zero-order valence-corrected chi connectivity index (χ0v) is 14.4. The zero-order valence-electron chi connectivity index (χ0n) is 10.8. The van der Waals surface area contributed by atoms with Crippen molar-refractivity contribution in [2.75, 3.05) is 13.2 Å². The normalized spacial score (nSPS) is 14.9. The van der Waals surface area contributed by atoms with Gasteiger partial charge in [-0.15, -0.1) is 0 Å². The molecular weight excluding hydrogens is 426 g/mol. The number of ether oxygens (including phenoxy) is 2. The third kappa shape index (κ3) is 3.08. The summed E-state index contributed by atoms with van der Waals surface area (Å²) < 4.78 is 11.9. The fourth-order valence-corrected chi connectivity index (χ4v) is 3.25. The minimum atomic E-state index is -0.876. The highest BCUT2D eigenvalue weighted by molar-refractivity contribution is 14.1. The van der Waals surface area contributed by atoms with Crippen molar-refractivity contribution in [1.29, 1.82) is 0 Å². The Balaban J connectivity index is 2.05. The number of aliphatic hydroxyl groups excluding tert-OH is 1. The van der Waals surface area contributed by atoms with E-state index in [-0.39, 0.29) is 0 Å². The summed E-state index contributed by atoms with van der Waals surface area (Å²) >= 11 is 14.4. The molecule has 0 saturated heterocycles. The maximum atomic E-state index is 10.6. The van der Waals surface area contributed by atoms with Crippen molar-refractivity contribution in [3.05, 3.63) is 55.1 Å². The van der Waals surface area contributed by atoms with Gasteiger partial charge in [0.05, 0.1) is 5.02 Å². The van der Waals surface area contributed by atoms with Crippen LogP contribution in [0.25, 0.3) is 0 Å². The first kappa shape index (κ1) is 15.2. The van der Waals surface area contributed by atoms with E-state index in [1.807, 2.05) is 6.07 Å². The standard InChI is InChI=1S/C15H11Cl2IO3/c16-8-1-2-12(18)10(5-8)15(19)9-6-13-14(7-11(9)17)21-4-3-20-13/h1-2,5-7,15,19H,3-4H2. The maximum Gasteiger partial charge on any atom is 0.162 e. The first-order valence-corrected chi connectivity index (χ1v) is 8.12. The van der Waals surface area contributed by atoms with E-state index in [4.69, 9.17) is 32.7 Å². The lowest BCUT2D eigenvalue weighted by atomic mass is 10.0. The summed E-state index contributed by atoms with van der Waals surface area (Å²) in [6, 6.07) is 8.77. The molecule has 0 bridgehead atoms. The molecule has 0 fully saturated rings.